The molecule has 1 N–H and O–H groups in total. The quantitative estimate of drug-likeness (QED) is 0.765. The van der Waals surface area contributed by atoms with Crippen LogP contribution in [-0.4, -0.2) is 21.0 Å². The zero-order valence-electron chi connectivity index (χ0n) is 9.20. The number of nitrogens with zero attached hydrogens (tertiary/aromatic N) is 2. The number of thiophene rings is 1. The fourth-order valence-electron chi connectivity index (χ4n) is 1.76. The fraction of sp³-hybridized carbons (Fsp3) is 0. The first-order chi connectivity index (χ1) is 8.75. The lowest BCUT2D eigenvalue weighted by atomic mass is 10.1. The first-order valence-corrected chi connectivity index (χ1v) is 6.16. The highest BCUT2D eigenvalue weighted by molar-refractivity contribution is 7.13. The van der Waals surface area contributed by atoms with Crippen molar-refractivity contribution in [2.24, 2.45) is 0 Å². The summed E-state index contributed by atoms with van der Waals surface area (Å²) in [4.78, 5) is 20.7. The third-order valence-corrected chi connectivity index (χ3v) is 3.47. The van der Waals surface area contributed by atoms with E-state index in [1.807, 2.05) is 17.5 Å². The van der Waals surface area contributed by atoms with Crippen LogP contribution in [0.3, 0.4) is 0 Å². The van der Waals surface area contributed by atoms with E-state index < -0.39 is 5.97 Å². The molecular formula is C13H8N2O2S. The molecule has 3 aromatic rings. The van der Waals surface area contributed by atoms with Crippen molar-refractivity contribution in [2.45, 2.75) is 0 Å². The van der Waals surface area contributed by atoms with Gasteiger partial charge in [0.1, 0.15) is 5.52 Å². The molecule has 0 atom stereocenters. The molecule has 5 heteroatoms. The lowest BCUT2D eigenvalue weighted by molar-refractivity contribution is 0.0699. The Labute approximate surface area is 107 Å². The normalized spacial score (nSPS) is 10.7. The number of rotatable bonds is 2. The average Bonchev–Trinajstić information content (AvgIpc) is 2.91. The van der Waals surface area contributed by atoms with Gasteiger partial charge in [-0.2, -0.15) is 0 Å². The zero-order chi connectivity index (χ0) is 12.5. The van der Waals surface area contributed by atoms with Crippen molar-refractivity contribution in [2.75, 3.05) is 0 Å². The van der Waals surface area contributed by atoms with Crippen LogP contribution in [0.1, 0.15) is 10.4 Å². The minimum absolute atomic E-state index is 0.178. The summed E-state index contributed by atoms with van der Waals surface area (Å²) in [6.45, 7) is 0. The van der Waals surface area contributed by atoms with E-state index in [-0.39, 0.29) is 5.56 Å². The molecule has 0 unspecified atom stereocenters. The molecule has 0 saturated heterocycles. The van der Waals surface area contributed by atoms with Gasteiger partial charge in [0.15, 0.2) is 0 Å². The second-order valence-electron chi connectivity index (χ2n) is 3.71. The van der Waals surface area contributed by atoms with E-state index >= 15 is 0 Å². The van der Waals surface area contributed by atoms with Crippen LogP contribution >= 0.6 is 11.3 Å². The second-order valence-corrected chi connectivity index (χ2v) is 4.66. The number of hydrogen-bond acceptors (Lipinski definition) is 4. The number of benzene rings is 1. The molecule has 4 nitrogen and oxygen atoms in total. The largest absolute Gasteiger partial charge is 0.478 e. The van der Waals surface area contributed by atoms with Gasteiger partial charge in [-0.3, -0.25) is 4.98 Å². The number of aromatic carboxylic acids is 1. The predicted molar refractivity (Wildman–Crippen MR) is 69.8 cm³/mol. The summed E-state index contributed by atoms with van der Waals surface area (Å²) in [5.74, 6) is -0.987. The molecule has 0 amide bonds. The predicted octanol–water partition coefficient (Wildman–Crippen LogP) is 3.06. The number of para-hydroxylation sites is 1. The number of fused-ring (bicyclic) bond motifs is 1. The van der Waals surface area contributed by atoms with E-state index in [1.165, 1.54) is 6.07 Å². The van der Waals surface area contributed by atoms with Crippen molar-refractivity contribution in [1.29, 1.82) is 0 Å². The van der Waals surface area contributed by atoms with E-state index in [0.717, 1.165) is 10.6 Å². The average molecular weight is 256 g/mol. The molecule has 2 aromatic heterocycles. The van der Waals surface area contributed by atoms with Gasteiger partial charge in [0.2, 0.25) is 0 Å². The number of carboxylic acids is 1. The van der Waals surface area contributed by atoms with Crippen LogP contribution in [0.25, 0.3) is 21.6 Å². The summed E-state index contributed by atoms with van der Waals surface area (Å²) in [7, 11) is 0. The van der Waals surface area contributed by atoms with Crippen molar-refractivity contribution in [1.82, 2.24) is 9.97 Å². The molecule has 18 heavy (non-hydrogen) atoms. The highest BCUT2D eigenvalue weighted by Gasteiger charge is 2.11. The van der Waals surface area contributed by atoms with Crippen LogP contribution in [-0.2, 0) is 0 Å². The van der Waals surface area contributed by atoms with Gasteiger partial charge in [-0.25, -0.2) is 9.78 Å². The van der Waals surface area contributed by atoms with E-state index in [9.17, 15) is 4.79 Å². The van der Waals surface area contributed by atoms with Crippen LogP contribution in [0.2, 0.25) is 0 Å². The van der Waals surface area contributed by atoms with Crippen molar-refractivity contribution in [3.8, 4) is 10.6 Å². The van der Waals surface area contributed by atoms with Crippen LogP contribution in [0.15, 0.2) is 41.9 Å². The maximum atomic E-state index is 11.1. The topological polar surface area (TPSA) is 63.1 Å². The van der Waals surface area contributed by atoms with Crippen LogP contribution in [0.5, 0.6) is 0 Å². The Bertz CT molecular complexity index is 723. The zero-order valence-corrected chi connectivity index (χ0v) is 10.0. The molecule has 3 rings (SSSR count). The molecule has 0 saturated carbocycles. The maximum Gasteiger partial charge on any atom is 0.337 e. The van der Waals surface area contributed by atoms with Crippen molar-refractivity contribution >= 4 is 28.3 Å². The third-order valence-electron chi connectivity index (χ3n) is 2.58. The molecular weight excluding hydrogens is 248 g/mol. The van der Waals surface area contributed by atoms with Crippen LogP contribution < -0.4 is 0 Å². The van der Waals surface area contributed by atoms with E-state index in [0.29, 0.717) is 11.0 Å². The standard InChI is InChI=1S/C13H8N2O2S/c16-13(17)8-3-1-4-9-12(8)14-7-10(15-9)11-5-2-6-18-11/h1-7H,(H,16,17). The number of carboxylic acid groups (broad SMARTS) is 1. The minimum Gasteiger partial charge on any atom is -0.478 e. The maximum absolute atomic E-state index is 11.1. The molecule has 0 spiro atoms. The molecule has 0 bridgehead atoms. The number of aromatic nitrogens is 2. The molecule has 0 fully saturated rings. The van der Waals surface area contributed by atoms with Gasteiger partial charge in [0.25, 0.3) is 0 Å². The SMILES string of the molecule is O=C(O)c1cccc2nc(-c3cccs3)cnc12. The monoisotopic (exact) mass is 256 g/mol. The van der Waals surface area contributed by atoms with Gasteiger partial charge >= 0.3 is 5.97 Å². The van der Waals surface area contributed by atoms with Gasteiger partial charge in [-0.1, -0.05) is 12.1 Å². The molecule has 1 aromatic carbocycles. The first-order valence-electron chi connectivity index (χ1n) is 5.28. The van der Waals surface area contributed by atoms with E-state index in [1.54, 1.807) is 29.7 Å². The second kappa shape index (κ2) is 4.19. The van der Waals surface area contributed by atoms with Crippen LogP contribution in [0.4, 0.5) is 0 Å². The summed E-state index contributed by atoms with van der Waals surface area (Å²) in [5, 5.41) is 11.0. The molecule has 0 aliphatic heterocycles. The molecule has 0 radical (unpaired) electrons. The number of carbonyl (C=O) groups is 1. The summed E-state index contributed by atoms with van der Waals surface area (Å²) in [5.41, 5.74) is 1.96. The Morgan fingerprint density at radius 3 is 2.83 bits per heavy atom. The van der Waals surface area contributed by atoms with Gasteiger partial charge < -0.3 is 5.11 Å². The molecule has 0 aliphatic rings. The Hall–Kier alpha value is -2.27. The molecule has 88 valence electrons. The van der Waals surface area contributed by atoms with E-state index in [2.05, 4.69) is 9.97 Å². The van der Waals surface area contributed by atoms with Crippen molar-refractivity contribution in [3.63, 3.8) is 0 Å². The summed E-state index contributed by atoms with van der Waals surface area (Å²) in [6, 6.07) is 8.88. The summed E-state index contributed by atoms with van der Waals surface area (Å²) in [6.07, 6.45) is 1.61. The van der Waals surface area contributed by atoms with Crippen molar-refractivity contribution in [3.05, 3.63) is 47.5 Å². The van der Waals surface area contributed by atoms with Gasteiger partial charge in [0.05, 0.1) is 27.8 Å². The summed E-state index contributed by atoms with van der Waals surface area (Å²) >= 11 is 1.58. The highest BCUT2D eigenvalue weighted by Crippen LogP contribution is 2.24. The smallest absolute Gasteiger partial charge is 0.337 e. The molecule has 2 heterocycles. The van der Waals surface area contributed by atoms with Crippen LogP contribution in [0, 0.1) is 0 Å². The summed E-state index contributed by atoms with van der Waals surface area (Å²) < 4.78 is 0. The Kier molecular flexibility index (Phi) is 2.53. The first kappa shape index (κ1) is 10.9. The Morgan fingerprint density at radius 1 is 1.22 bits per heavy atom. The van der Waals surface area contributed by atoms with Gasteiger partial charge in [-0.15, -0.1) is 11.3 Å². The lowest BCUT2D eigenvalue weighted by Gasteiger charge is -2.02. The fourth-order valence-corrected chi connectivity index (χ4v) is 2.44. The lowest BCUT2D eigenvalue weighted by Crippen LogP contribution is -1.99. The number of hydrogen-bond donors (Lipinski definition) is 1. The third kappa shape index (κ3) is 1.74. The minimum atomic E-state index is -0.987. The Morgan fingerprint density at radius 2 is 2.11 bits per heavy atom. The van der Waals surface area contributed by atoms with Crippen molar-refractivity contribution < 1.29 is 9.90 Å². The van der Waals surface area contributed by atoms with Gasteiger partial charge in [-0.05, 0) is 23.6 Å². The molecule has 0 aliphatic carbocycles. The van der Waals surface area contributed by atoms with E-state index in [4.69, 9.17) is 5.11 Å². The highest BCUT2D eigenvalue weighted by atomic mass is 32.1. The van der Waals surface area contributed by atoms with Gasteiger partial charge in [0, 0.05) is 0 Å². The Balaban J connectivity index is 2.23.